The SMILES string of the molecule is [B]C([B])([B])C([B])([B])C1(Nc2c(Nc3cccc(C(=O)N(C)C)c3O)c(=O)c2=O)CCCC1. The lowest BCUT2D eigenvalue weighted by atomic mass is 9.19. The Morgan fingerprint density at radius 2 is 1.59 bits per heavy atom. The van der Waals surface area contributed by atoms with Crippen molar-refractivity contribution in [3.63, 3.8) is 0 Å². The molecular formula is C20H20B5N3O4. The molecule has 1 fully saturated rings. The van der Waals surface area contributed by atoms with E-state index in [-0.39, 0.29) is 28.4 Å². The second kappa shape index (κ2) is 8.12. The van der Waals surface area contributed by atoms with E-state index in [0.717, 1.165) is 12.8 Å². The fourth-order valence-electron chi connectivity index (χ4n) is 4.10. The van der Waals surface area contributed by atoms with Crippen LogP contribution in [0.4, 0.5) is 17.1 Å². The van der Waals surface area contributed by atoms with Gasteiger partial charge in [0.25, 0.3) is 16.8 Å². The summed E-state index contributed by atoms with van der Waals surface area (Å²) in [7, 11) is 33.1. The number of anilines is 3. The second-order valence-electron chi connectivity index (χ2n) is 8.65. The predicted octanol–water partition coefficient (Wildman–Crippen LogP) is 0.191. The molecule has 2 aromatic carbocycles. The molecule has 10 radical (unpaired) electrons. The summed E-state index contributed by atoms with van der Waals surface area (Å²) in [5.74, 6) is -0.793. The van der Waals surface area contributed by atoms with Crippen LogP contribution in [0, 0.1) is 0 Å². The van der Waals surface area contributed by atoms with Crippen LogP contribution in [0.3, 0.4) is 0 Å². The number of carbonyl (C=O) groups is 1. The molecule has 0 atom stereocenters. The molecule has 12 heteroatoms. The van der Waals surface area contributed by atoms with E-state index >= 15 is 0 Å². The Kier molecular flexibility index (Phi) is 6.13. The number of nitrogens with one attached hydrogen (secondary N) is 2. The molecule has 7 nitrogen and oxygen atoms in total. The number of hydrogen-bond donors (Lipinski definition) is 3. The number of phenols is 1. The standard InChI is InChI=1S/C20H20B5N3O4/c1-28(2)17(32)10-6-5-7-11(14(10)29)26-12-13(16(31)15(12)30)27-18(8-3-4-9-18)19(21,22)20(23,24)25/h5-7,26-27,29H,3-4,8-9H2,1-2H3. The summed E-state index contributed by atoms with van der Waals surface area (Å²) < 4.78 is 0. The van der Waals surface area contributed by atoms with Gasteiger partial charge in [0.2, 0.25) is 0 Å². The number of amides is 1. The lowest BCUT2D eigenvalue weighted by Gasteiger charge is -2.56. The van der Waals surface area contributed by atoms with Gasteiger partial charge < -0.3 is 20.6 Å². The average Bonchev–Trinajstić information content (AvgIpc) is 3.20. The van der Waals surface area contributed by atoms with Gasteiger partial charge in [0.1, 0.15) is 11.4 Å². The smallest absolute Gasteiger partial charge is 0.257 e. The Balaban J connectivity index is 1.99. The first-order valence-corrected chi connectivity index (χ1v) is 10.1. The fourth-order valence-corrected chi connectivity index (χ4v) is 4.10. The van der Waals surface area contributed by atoms with Gasteiger partial charge in [-0.2, -0.15) is 0 Å². The molecule has 0 bridgehead atoms. The zero-order valence-electron chi connectivity index (χ0n) is 18.1. The van der Waals surface area contributed by atoms with Crippen LogP contribution in [0.25, 0.3) is 0 Å². The van der Waals surface area contributed by atoms with E-state index in [1.54, 1.807) is 14.1 Å². The highest BCUT2D eigenvalue weighted by Crippen LogP contribution is 2.56. The molecule has 0 saturated heterocycles. The van der Waals surface area contributed by atoms with Gasteiger partial charge in [-0.1, -0.05) is 24.1 Å². The summed E-state index contributed by atoms with van der Waals surface area (Å²) in [5, 5.41) is 12.5. The van der Waals surface area contributed by atoms with Crippen LogP contribution in [0.2, 0.25) is 10.3 Å². The van der Waals surface area contributed by atoms with Gasteiger partial charge >= 0.3 is 0 Å². The minimum atomic E-state index is -1.98. The summed E-state index contributed by atoms with van der Waals surface area (Å²) in [6.07, 6.45) is 2.30. The van der Waals surface area contributed by atoms with Crippen molar-refractivity contribution in [1.82, 2.24) is 4.90 Å². The third-order valence-corrected chi connectivity index (χ3v) is 6.17. The van der Waals surface area contributed by atoms with Crippen LogP contribution in [0.1, 0.15) is 36.0 Å². The minimum absolute atomic E-state index is 0.0302. The Bertz CT molecular complexity index is 1110. The molecule has 0 aromatic heterocycles. The van der Waals surface area contributed by atoms with Crippen LogP contribution < -0.4 is 21.5 Å². The molecule has 0 spiro atoms. The predicted molar refractivity (Wildman–Crippen MR) is 130 cm³/mol. The average molecular weight is 420 g/mol. The van der Waals surface area contributed by atoms with E-state index < -0.39 is 32.6 Å². The zero-order chi connectivity index (χ0) is 24.1. The number of benzene rings is 1. The van der Waals surface area contributed by atoms with Crippen LogP contribution >= 0.6 is 0 Å². The van der Waals surface area contributed by atoms with Gasteiger partial charge in [-0.3, -0.25) is 14.4 Å². The molecule has 3 N–H and O–H groups in total. The van der Waals surface area contributed by atoms with E-state index in [9.17, 15) is 19.5 Å². The summed E-state index contributed by atoms with van der Waals surface area (Å²) in [5.41, 5.74) is -2.79. The zero-order valence-corrected chi connectivity index (χ0v) is 18.1. The first-order valence-electron chi connectivity index (χ1n) is 10.1. The number of phenolic OH excluding ortho intramolecular Hbond substituents is 1. The summed E-state index contributed by atoms with van der Waals surface area (Å²) in [6.45, 7) is 0. The van der Waals surface area contributed by atoms with Crippen LogP contribution in [0.5, 0.6) is 5.75 Å². The van der Waals surface area contributed by atoms with Crippen molar-refractivity contribution < 1.29 is 9.90 Å². The molecule has 0 aliphatic heterocycles. The van der Waals surface area contributed by atoms with Crippen molar-refractivity contribution in [2.75, 3.05) is 24.7 Å². The highest BCUT2D eigenvalue weighted by molar-refractivity contribution is 6.67. The maximum Gasteiger partial charge on any atom is 0.257 e. The number of rotatable bonds is 7. The molecule has 1 amide bonds. The number of carbonyl (C=O) groups excluding carboxylic acids is 1. The summed E-state index contributed by atoms with van der Waals surface area (Å²) in [6, 6.07) is 4.44. The Labute approximate surface area is 193 Å². The summed E-state index contributed by atoms with van der Waals surface area (Å²) in [4.78, 5) is 38.3. The summed E-state index contributed by atoms with van der Waals surface area (Å²) >= 11 is 0. The van der Waals surface area contributed by atoms with Crippen molar-refractivity contribution >= 4 is 62.2 Å². The molecule has 32 heavy (non-hydrogen) atoms. The molecule has 1 aliphatic rings. The maximum atomic E-state index is 12.4. The van der Waals surface area contributed by atoms with Gasteiger partial charge in [-0.05, 0) is 25.0 Å². The first-order chi connectivity index (χ1) is 14.7. The molecular weight excluding hydrogens is 400 g/mol. The second-order valence-corrected chi connectivity index (χ2v) is 8.65. The number of para-hydroxylation sites is 1. The van der Waals surface area contributed by atoms with Gasteiger partial charge in [0, 0.05) is 43.2 Å². The van der Waals surface area contributed by atoms with Crippen LogP contribution in [-0.2, 0) is 0 Å². The third kappa shape index (κ3) is 3.78. The molecule has 1 aliphatic carbocycles. The maximum absolute atomic E-state index is 12.4. The molecule has 1 saturated carbocycles. The first kappa shape index (κ1) is 24.1. The number of nitrogens with zero attached hydrogens (tertiary/aromatic N) is 1. The van der Waals surface area contributed by atoms with E-state index in [4.69, 9.17) is 39.2 Å². The third-order valence-electron chi connectivity index (χ3n) is 6.17. The number of aromatic hydroxyl groups is 1. The lowest BCUT2D eigenvalue weighted by Crippen LogP contribution is -2.56. The van der Waals surface area contributed by atoms with Crippen LogP contribution in [-0.4, -0.2) is 74.8 Å². The molecule has 2 aromatic rings. The topological polar surface area (TPSA) is 98.7 Å². The fraction of sp³-hybridized carbons (Fsp3) is 0.450. The van der Waals surface area contributed by atoms with Crippen molar-refractivity contribution in [2.45, 2.75) is 41.5 Å². The minimum Gasteiger partial charge on any atom is -0.505 e. The Morgan fingerprint density at radius 1 is 1.03 bits per heavy atom. The largest absolute Gasteiger partial charge is 0.505 e. The van der Waals surface area contributed by atoms with E-state index in [0.29, 0.717) is 12.8 Å². The Hall–Kier alpha value is -2.51. The van der Waals surface area contributed by atoms with Crippen molar-refractivity contribution in [3.05, 3.63) is 44.2 Å². The van der Waals surface area contributed by atoms with Gasteiger partial charge in [-0.15, -0.1) is 5.11 Å². The lowest BCUT2D eigenvalue weighted by molar-refractivity contribution is 0.0824. The van der Waals surface area contributed by atoms with E-state index in [2.05, 4.69) is 10.6 Å². The van der Waals surface area contributed by atoms with Crippen molar-refractivity contribution in [1.29, 1.82) is 0 Å². The van der Waals surface area contributed by atoms with Crippen molar-refractivity contribution in [3.8, 4) is 5.75 Å². The van der Waals surface area contributed by atoms with E-state index in [1.165, 1.54) is 23.1 Å². The molecule has 0 heterocycles. The normalized spacial score (nSPS) is 16.1. The number of hydrogen-bond acceptors (Lipinski definition) is 6. The van der Waals surface area contributed by atoms with Crippen molar-refractivity contribution in [2.24, 2.45) is 0 Å². The highest BCUT2D eigenvalue weighted by atomic mass is 16.3. The highest BCUT2D eigenvalue weighted by Gasteiger charge is 2.51. The van der Waals surface area contributed by atoms with E-state index in [1.807, 2.05) is 0 Å². The molecule has 0 unspecified atom stereocenters. The Morgan fingerprint density at radius 3 is 2.12 bits per heavy atom. The van der Waals surface area contributed by atoms with Gasteiger partial charge in [0.15, 0.2) is 5.75 Å². The van der Waals surface area contributed by atoms with Crippen LogP contribution in [0.15, 0.2) is 27.8 Å². The molecule has 3 rings (SSSR count). The van der Waals surface area contributed by atoms with Gasteiger partial charge in [-0.25, -0.2) is 0 Å². The quantitative estimate of drug-likeness (QED) is 0.336. The van der Waals surface area contributed by atoms with Gasteiger partial charge in [0.05, 0.1) is 26.9 Å². The monoisotopic (exact) mass is 421 g/mol. The molecule has 154 valence electrons.